The second-order valence-corrected chi connectivity index (χ2v) is 7.76. The second kappa shape index (κ2) is 8.77. The average Bonchev–Trinajstić information content (AvgIpc) is 3.07. The summed E-state index contributed by atoms with van der Waals surface area (Å²) in [5, 5.41) is 5.54. The maximum Gasteiger partial charge on any atom is 0.412 e. The van der Waals surface area contributed by atoms with Crippen LogP contribution in [0.15, 0.2) is 48.5 Å². The number of hydrogen-bond donors (Lipinski definition) is 3. The van der Waals surface area contributed by atoms with E-state index in [9.17, 15) is 9.59 Å². The fraction of sp³-hybridized carbons (Fsp3) is 0.318. The van der Waals surface area contributed by atoms with Gasteiger partial charge < -0.3 is 15.0 Å². The van der Waals surface area contributed by atoms with Crippen molar-refractivity contribution in [3.63, 3.8) is 0 Å². The van der Waals surface area contributed by atoms with E-state index < -0.39 is 11.7 Å². The molecule has 0 aliphatic heterocycles. The van der Waals surface area contributed by atoms with Crippen LogP contribution < -0.4 is 10.6 Å². The minimum atomic E-state index is -0.563. The Hall–Kier alpha value is -3.35. The van der Waals surface area contributed by atoms with Crippen LogP contribution in [0.3, 0.4) is 0 Å². The molecule has 0 aliphatic rings. The standard InChI is InChI=1S/C22H26N4O3/c1-22(2,3)29-21(28)24-16-12-10-15(11-13-16)20(27)23-14-6-9-19-25-17-7-4-5-8-18(17)26-19/h4-5,7-8,10-13H,6,9,14H2,1-3H3,(H,23,27)(H,24,28)(H,25,26). The van der Waals surface area contributed by atoms with E-state index >= 15 is 0 Å². The van der Waals surface area contributed by atoms with Gasteiger partial charge in [0.2, 0.25) is 0 Å². The molecule has 29 heavy (non-hydrogen) atoms. The van der Waals surface area contributed by atoms with Gasteiger partial charge in [0.05, 0.1) is 11.0 Å². The largest absolute Gasteiger partial charge is 0.444 e. The summed E-state index contributed by atoms with van der Waals surface area (Å²) in [6.07, 6.45) is 1.01. The number of carbonyl (C=O) groups excluding carboxylic acids is 2. The number of benzene rings is 2. The highest BCUT2D eigenvalue weighted by Gasteiger charge is 2.16. The van der Waals surface area contributed by atoms with Crippen LogP contribution in [0.25, 0.3) is 11.0 Å². The van der Waals surface area contributed by atoms with Crippen molar-refractivity contribution in [2.75, 3.05) is 11.9 Å². The van der Waals surface area contributed by atoms with Gasteiger partial charge in [-0.2, -0.15) is 0 Å². The van der Waals surface area contributed by atoms with Crippen LogP contribution >= 0.6 is 0 Å². The number of imidazole rings is 1. The lowest BCUT2D eigenvalue weighted by atomic mass is 10.2. The molecule has 0 spiro atoms. The van der Waals surface area contributed by atoms with Crippen molar-refractivity contribution in [3.8, 4) is 0 Å². The number of nitrogens with zero attached hydrogens (tertiary/aromatic N) is 1. The van der Waals surface area contributed by atoms with Crippen molar-refractivity contribution >= 4 is 28.7 Å². The van der Waals surface area contributed by atoms with E-state index in [1.807, 2.05) is 24.3 Å². The normalized spacial score (nSPS) is 11.3. The number of para-hydroxylation sites is 2. The second-order valence-electron chi connectivity index (χ2n) is 7.76. The van der Waals surface area contributed by atoms with Crippen molar-refractivity contribution in [2.24, 2.45) is 0 Å². The quantitative estimate of drug-likeness (QED) is 0.544. The molecule has 0 radical (unpaired) electrons. The number of rotatable bonds is 6. The molecular formula is C22H26N4O3. The highest BCUT2D eigenvalue weighted by atomic mass is 16.6. The maximum absolute atomic E-state index is 12.3. The van der Waals surface area contributed by atoms with Gasteiger partial charge in [0.15, 0.2) is 0 Å². The topological polar surface area (TPSA) is 96.1 Å². The van der Waals surface area contributed by atoms with E-state index in [2.05, 4.69) is 20.6 Å². The van der Waals surface area contributed by atoms with Gasteiger partial charge in [-0.1, -0.05) is 12.1 Å². The molecule has 0 bridgehead atoms. The zero-order chi connectivity index (χ0) is 20.9. The number of nitrogens with one attached hydrogen (secondary N) is 3. The zero-order valence-corrected chi connectivity index (χ0v) is 16.9. The van der Waals surface area contributed by atoms with E-state index in [1.165, 1.54) is 0 Å². The Morgan fingerprint density at radius 1 is 1.07 bits per heavy atom. The lowest BCUT2D eigenvalue weighted by Gasteiger charge is -2.19. The molecule has 7 nitrogen and oxygen atoms in total. The van der Waals surface area contributed by atoms with Crippen molar-refractivity contribution in [1.82, 2.24) is 15.3 Å². The number of H-pyrrole nitrogens is 1. The van der Waals surface area contributed by atoms with Crippen LogP contribution in [0, 0.1) is 0 Å². The smallest absolute Gasteiger partial charge is 0.412 e. The first kappa shape index (κ1) is 20.4. The van der Waals surface area contributed by atoms with Gasteiger partial charge in [-0.25, -0.2) is 9.78 Å². The third-order valence-electron chi connectivity index (χ3n) is 4.11. The van der Waals surface area contributed by atoms with Gasteiger partial charge in [-0.3, -0.25) is 10.1 Å². The van der Waals surface area contributed by atoms with Crippen molar-refractivity contribution in [1.29, 1.82) is 0 Å². The molecule has 1 aromatic heterocycles. The van der Waals surface area contributed by atoms with Crippen molar-refractivity contribution < 1.29 is 14.3 Å². The summed E-state index contributed by atoms with van der Waals surface area (Å²) in [5.41, 5.74) is 2.51. The summed E-state index contributed by atoms with van der Waals surface area (Å²) >= 11 is 0. The van der Waals surface area contributed by atoms with Crippen LogP contribution in [0.1, 0.15) is 43.4 Å². The molecule has 1 heterocycles. The first-order chi connectivity index (χ1) is 13.8. The van der Waals surface area contributed by atoms with Crippen molar-refractivity contribution in [2.45, 2.75) is 39.2 Å². The fourth-order valence-electron chi connectivity index (χ4n) is 2.81. The summed E-state index contributed by atoms with van der Waals surface area (Å²) in [5.74, 6) is 0.761. The number of hydrogen-bond acceptors (Lipinski definition) is 4. The highest BCUT2D eigenvalue weighted by Crippen LogP contribution is 2.13. The number of carbonyl (C=O) groups is 2. The number of aryl methyl sites for hydroxylation is 1. The Bertz CT molecular complexity index is 954. The lowest BCUT2D eigenvalue weighted by Crippen LogP contribution is -2.27. The van der Waals surface area contributed by atoms with Crippen LogP contribution in [-0.2, 0) is 11.2 Å². The Balaban J connectivity index is 1.43. The molecule has 0 aliphatic carbocycles. The number of aromatic nitrogens is 2. The zero-order valence-electron chi connectivity index (χ0n) is 16.9. The Morgan fingerprint density at radius 2 is 1.79 bits per heavy atom. The van der Waals surface area contributed by atoms with Gasteiger partial charge in [0, 0.05) is 24.2 Å². The molecule has 0 saturated heterocycles. The van der Waals surface area contributed by atoms with E-state index in [0.29, 0.717) is 17.8 Å². The minimum Gasteiger partial charge on any atom is -0.444 e. The predicted molar refractivity (Wildman–Crippen MR) is 113 cm³/mol. The number of ether oxygens (including phenoxy) is 1. The summed E-state index contributed by atoms with van der Waals surface area (Å²) in [6.45, 7) is 5.95. The highest BCUT2D eigenvalue weighted by molar-refractivity contribution is 5.95. The van der Waals surface area contributed by atoms with Crippen LogP contribution in [0.5, 0.6) is 0 Å². The molecule has 0 fully saturated rings. The Morgan fingerprint density at radius 3 is 2.48 bits per heavy atom. The molecule has 3 rings (SSSR count). The summed E-state index contributed by atoms with van der Waals surface area (Å²) < 4.78 is 5.20. The van der Waals surface area contributed by atoms with Crippen LogP contribution in [0.4, 0.5) is 10.5 Å². The lowest BCUT2D eigenvalue weighted by molar-refractivity contribution is 0.0635. The molecule has 3 N–H and O–H groups in total. The van der Waals surface area contributed by atoms with Crippen LogP contribution in [0.2, 0.25) is 0 Å². The molecule has 152 valence electrons. The number of anilines is 1. The van der Waals surface area contributed by atoms with Crippen LogP contribution in [-0.4, -0.2) is 34.1 Å². The molecule has 0 unspecified atom stereocenters. The van der Waals surface area contributed by atoms with Gasteiger partial charge in [-0.15, -0.1) is 0 Å². The molecule has 3 aromatic rings. The maximum atomic E-state index is 12.3. The predicted octanol–water partition coefficient (Wildman–Crippen LogP) is 4.27. The first-order valence-electron chi connectivity index (χ1n) is 9.62. The number of fused-ring (bicyclic) bond motifs is 1. The third kappa shape index (κ3) is 6.07. The fourth-order valence-corrected chi connectivity index (χ4v) is 2.81. The average molecular weight is 394 g/mol. The number of aromatic amines is 1. The van der Waals surface area contributed by atoms with Crippen molar-refractivity contribution in [3.05, 3.63) is 59.9 Å². The third-order valence-corrected chi connectivity index (χ3v) is 4.11. The van der Waals surface area contributed by atoms with Gasteiger partial charge in [0.1, 0.15) is 11.4 Å². The minimum absolute atomic E-state index is 0.154. The Kier molecular flexibility index (Phi) is 6.16. The molecule has 0 atom stereocenters. The Labute approximate surface area is 169 Å². The molecule has 2 amide bonds. The van der Waals surface area contributed by atoms with E-state index in [-0.39, 0.29) is 5.91 Å². The summed E-state index contributed by atoms with van der Waals surface area (Å²) in [6, 6.07) is 14.6. The SMILES string of the molecule is CC(C)(C)OC(=O)Nc1ccc(C(=O)NCCCc2nc3ccccc3[nH]2)cc1. The molecule has 0 saturated carbocycles. The van der Waals surface area contributed by atoms with Gasteiger partial charge in [0.25, 0.3) is 5.91 Å². The number of amides is 2. The van der Waals surface area contributed by atoms with E-state index in [0.717, 1.165) is 29.7 Å². The van der Waals surface area contributed by atoms with Gasteiger partial charge >= 0.3 is 6.09 Å². The molecule has 7 heteroatoms. The summed E-state index contributed by atoms with van der Waals surface area (Å²) in [7, 11) is 0. The van der Waals surface area contributed by atoms with E-state index in [4.69, 9.17) is 4.74 Å². The van der Waals surface area contributed by atoms with Gasteiger partial charge in [-0.05, 0) is 63.6 Å². The molecule has 2 aromatic carbocycles. The summed E-state index contributed by atoms with van der Waals surface area (Å²) in [4.78, 5) is 31.9. The first-order valence-corrected chi connectivity index (χ1v) is 9.62. The molecular weight excluding hydrogens is 368 g/mol. The monoisotopic (exact) mass is 394 g/mol. The van der Waals surface area contributed by atoms with E-state index in [1.54, 1.807) is 45.0 Å².